The number of nitrogens with one attached hydrogen (secondary N) is 3. The van der Waals surface area contributed by atoms with Crippen LogP contribution in [0.5, 0.6) is 0 Å². The highest BCUT2D eigenvalue weighted by atomic mass is 16.2. The van der Waals surface area contributed by atoms with Crippen LogP contribution in [0.2, 0.25) is 0 Å². The second kappa shape index (κ2) is 8.36. The van der Waals surface area contributed by atoms with Crippen LogP contribution in [0.15, 0.2) is 4.99 Å². The van der Waals surface area contributed by atoms with Crippen molar-refractivity contribution in [2.75, 3.05) is 26.7 Å². The molecule has 0 atom stereocenters. The Morgan fingerprint density at radius 3 is 2.36 bits per heavy atom. The highest BCUT2D eigenvalue weighted by molar-refractivity contribution is 5.86. The molecule has 6 nitrogen and oxygen atoms in total. The Morgan fingerprint density at radius 2 is 1.91 bits per heavy atom. The molecule has 0 spiro atoms. The van der Waals surface area contributed by atoms with Gasteiger partial charge in [-0.25, -0.2) is 0 Å². The summed E-state index contributed by atoms with van der Waals surface area (Å²) in [4.78, 5) is 18.5. The minimum Gasteiger partial charge on any atom is -0.355 e. The Labute approximate surface area is 135 Å². The Hall–Kier alpha value is -1.30. The highest BCUT2D eigenvalue weighted by Gasteiger charge is 2.30. The van der Waals surface area contributed by atoms with Crippen LogP contribution in [0, 0.1) is 0 Å². The van der Waals surface area contributed by atoms with Crippen LogP contribution in [0.3, 0.4) is 0 Å². The Kier molecular flexibility index (Phi) is 7.13. The van der Waals surface area contributed by atoms with Gasteiger partial charge in [-0.05, 0) is 47.5 Å². The van der Waals surface area contributed by atoms with Crippen molar-refractivity contribution in [3.8, 4) is 0 Å². The maximum atomic E-state index is 11.8. The Morgan fingerprint density at radius 1 is 1.27 bits per heavy atom. The van der Waals surface area contributed by atoms with Crippen LogP contribution in [0.25, 0.3) is 0 Å². The van der Waals surface area contributed by atoms with E-state index in [0.29, 0.717) is 12.0 Å². The summed E-state index contributed by atoms with van der Waals surface area (Å²) in [5, 5.41) is 9.24. The summed E-state index contributed by atoms with van der Waals surface area (Å²) in [6.45, 7) is 12.4. The third-order valence-electron chi connectivity index (χ3n) is 3.50. The summed E-state index contributed by atoms with van der Waals surface area (Å²) in [7, 11) is 1.72. The van der Waals surface area contributed by atoms with Gasteiger partial charge in [-0.2, -0.15) is 0 Å². The van der Waals surface area contributed by atoms with Gasteiger partial charge in [0.15, 0.2) is 5.96 Å². The molecule has 1 aliphatic carbocycles. The van der Waals surface area contributed by atoms with E-state index in [1.807, 2.05) is 20.8 Å². The van der Waals surface area contributed by atoms with Crippen LogP contribution in [0.4, 0.5) is 0 Å². The van der Waals surface area contributed by atoms with E-state index < -0.39 is 0 Å². The molecule has 0 aromatic carbocycles. The molecular weight excluding hydrogens is 278 g/mol. The first-order valence-corrected chi connectivity index (χ1v) is 8.24. The van der Waals surface area contributed by atoms with E-state index in [2.05, 4.69) is 39.7 Å². The van der Waals surface area contributed by atoms with Crippen molar-refractivity contribution in [2.24, 2.45) is 4.99 Å². The molecule has 1 aliphatic rings. The van der Waals surface area contributed by atoms with Crippen LogP contribution in [-0.2, 0) is 4.79 Å². The van der Waals surface area contributed by atoms with E-state index in [-0.39, 0.29) is 18.0 Å². The molecular formula is C16H33N5O. The first-order valence-electron chi connectivity index (χ1n) is 8.24. The van der Waals surface area contributed by atoms with Crippen molar-refractivity contribution in [3.05, 3.63) is 0 Å². The minimum atomic E-state index is -0.211. The molecule has 0 aromatic rings. The fraction of sp³-hybridized carbons (Fsp3) is 0.875. The third-order valence-corrected chi connectivity index (χ3v) is 3.50. The van der Waals surface area contributed by atoms with Crippen molar-refractivity contribution in [1.82, 2.24) is 20.9 Å². The molecule has 1 rings (SSSR count). The predicted molar refractivity (Wildman–Crippen MR) is 92.1 cm³/mol. The van der Waals surface area contributed by atoms with E-state index in [9.17, 15) is 4.79 Å². The van der Waals surface area contributed by atoms with E-state index in [1.54, 1.807) is 7.05 Å². The molecule has 0 aromatic heterocycles. The molecule has 6 heteroatoms. The predicted octanol–water partition coefficient (Wildman–Crippen LogP) is 0.939. The average molecular weight is 311 g/mol. The lowest BCUT2D eigenvalue weighted by molar-refractivity contribution is -0.121. The van der Waals surface area contributed by atoms with Crippen molar-refractivity contribution in [1.29, 1.82) is 0 Å². The van der Waals surface area contributed by atoms with Crippen LogP contribution in [0.1, 0.15) is 47.5 Å². The molecule has 1 fully saturated rings. The van der Waals surface area contributed by atoms with Crippen LogP contribution >= 0.6 is 0 Å². The van der Waals surface area contributed by atoms with Crippen LogP contribution < -0.4 is 16.0 Å². The summed E-state index contributed by atoms with van der Waals surface area (Å²) in [5.74, 6) is 0.640. The van der Waals surface area contributed by atoms with Gasteiger partial charge < -0.3 is 16.0 Å². The van der Waals surface area contributed by atoms with E-state index >= 15 is 0 Å². The number of nitrogens with zero attached hydrogens (tertiary/aromatic N) is 2. The van der Waals surface area contributed by atoms with E-state index in [1.165, 1.54) is 12.8 Å². The largest absolute Gasteiger partial charge is 0.355 e. The molecule has 1 amide bonds. The fourth-order valence-corrected chi connectivity index (χ4v) is 2.42. The number of aliphatic imine (C=N–C) groups is 1. The quantitative estimate of drug-likeness (QED) is 0.483. The standard InChI is InChI=1S/C16H33N5O/c1-12(2)21(13-7-8-13)10-9-18-15(17-6)19-11-14(22)20-16(3,4)5/h12-13H,7-11H2,1-6H3,(H,20,22)(H2,17,18,19). The van der Waals surface area contributed by atoms with Crippen molar-refractivity contribution in [3.63, 3.8) is 0 Å². The zero-order valence-corrected chi connectivity index (χ0v) is 15.0. The lowest BCUT2D eigenvalue weighted by Crippen LogP contribution is -2.49. The van der Waals surface area contributed by atoms with Gasteiger partial charge >= 0.3 is 0 Å². The summed E-state index contributed by atoms with van der Waals surface area (Å²) < 4.78 is 0. The number of rotatable bonds is 7. The molecule has 0 unspecified atom stereocenters. The highest BCUT2D eigenvalue weighted by Crippen LogP contribution is 2.27. The van der Waals surface area contributed by atoms with Gasteiger partial charge in [0.2, 0.25) is 5.91 Å². The van der Waals surface area contributed by atoms with Gasteiger partial charge in [-0.3, -0.25) is 14.7 Å². The van der Waals surface area contributed by atoms with E-state index in [4.69, 9.17) is 0 Å². The lowest BCUT2D eigenvalue weighted by atomic mass is 10.1. The number of hydrogen-bond donors (Lipinski definition) is 3. The van der Waals surface area contributed by atoms with Crippen LogP contribution in [-0.4, -0.2) is 61.1 Å². The zero-order chi connectivity index (χ0) is 16.8. The third kappa shape index (κ3) is 7.64. The molecule has 0 radical (unpaired) electrons. The number of hydrogen-bond acceptors (Lipinski definition) is 3. The first kappa shape index (κ1) is 18.7. The molecule has 128 valence electrons. The molecule has 0 heterocycles. The van der Waals surface area contributed by atoms with Gasteiger partial charge in [-0.15, -0.1) is 0 Å². The summed E-state index contributed by atoms with van der Waals surface area (Å²) >= 11 is 0. The maximum absolute atomic E-state index is 11.8. The van der Waals surface area contributed by atoms with Crippen molar-refractivity contribution < 1.29 is 4.79 Å². The van der Waals surface area contributed by atoms with Gasteiger partial charge in [0.05, 0.1) is 6.54 Å². The normalized spacial score (nSPS) is 16.1. The molecule has 0 bridgehead atoms. The maximum Gasteiger partial charge on any atom is 0.239 e. The monoisotopic (exact) mass is 311 g/mol. The Balaban J connectivity index is 2.26. The van der Waals surface area contributed by atoms with Gasteiger partial charge in [0.25, 0.3) is 0 Å². The topological polar surface area (TPSA) is 68.8 Å². The number of carbonyl (C=O) groups excluding carboxylic acids is 1. The summed E-state index contributed by atoms with van der Waals surface area (Å²) in [6.07, 6.45) is 2.64. The molecule has 0 aliphatic heterocycles. The number of amides is 1. The summed E-state index contributed by atoms with van der Waals surface area (Å²) in [5.41, 5.74) is -0.211. The van der Waals surface area contributed by atoms with Crippen molar-refractivity contribution in [2.45, 2.75) is 65.1 Å². The number of guanidine groups is 1. The van der Waals surface area contributed by atoms with Gasteiger partial charge in [0, 0.05) is 37.8 Å². The second-order valence-corrected chi connectivity index (χ2v) is 7.21. The summed E-state index contributed by atoms with van der Waals surface area (Å²) in [6, 6.07) is 1.33. The van der Waals surface area contributed by atoms with Gasteiger partial charge in [-0.1, -0.05) is 0 Å². The average Bonchev–Trinajstić information content (AvgIpc) is 3.19. The number of carbonyl (C=O) groups is 1. The SMILES string of the molecule is CN=C(NCCN(C(C)C)C1CC1)NCC(=O)NC(C)(C)C. The zero-order valence-electron chi connectivity index (χ0n) is 15.0. The lowest BCUT2D eigenvalue weighted by Gasteiger charge is -2.26. The second-order valence-electron chi connectivity index (χ2n) is 7.21. The minimum absolute atomic E-state index is 0.0303. The molecule has 3 N–H and O–H groups in total. The fourth-order valence-electron chi connectivity index (χ4n) is 2.42. The smallest absolute Gasteiger partial charge is 0.239 e. The van der Waals surface area contributed by atoms with Gasteiger partial charge in [0.1, 0.15) is 0 Å². The Bertz CT molecular complexity index is 380. The molecule has 0 saturated heterocycles. The molecule has 22 heavy (non-hydrogen) atoms. The molecule has 1 saturated carbocycles. The van der Waals surface area contributed by atoms with Crippen molar-refractivity contribution >= 4 is 11.9 Å². The first-order chi connectivity index (χ1) is 10.2. The van der Waals surface area contributed by atoms with E-state index in [0.717, 1.165) is 19.1 Å².